The molecule has 5 nitrogen and oxygen atoms in total. The maximum atomic E-state index is 12.0. The normalized spacial score (nSPS) is 14.8. The fraction of sp³-hybridized carbons (Fsp3) is 0.375. The summed E-state index contributed by atoms with van der Waals surface area (Å²) in [6, 6.07) is 10.2. The summed E-state index contributed by atoms with van der Waals surface area (Å²) >= 11 is 1.90. The second kappa shape index (κ2) is 7.35. The molecular formula is C16H20N4OS. The number of carbonyl (C=O) groups is 1. The Morgan fingerprint density at radius 3 is 2.73 bits per heavy atom. The maximum Gasteiger partial charge on any atom is 0.317 e. The predicted molar refractivity (Wildman–Crippen MR) is 88.9 cm³/mol. The Kier molecular flexibility index (Phi) is 5.00. The summed E-state index contributed by atoms with van der Waals surface area (Å²) in [4.78, 5) is 13.9. The molecule has 1 aliphatic heterocycles. The minimum absolute atomic E-state index is 0.0242. The minimum Gasteiger partial charge on any atom is -0.334 e. The molecule has 116 valence electrons. The zero-order valence-electron chi connectivity index (χ0n) is 12.4. The number of rotatable bonds is 4. The molecule has 22 heavy (non-hydrogen) atoms. The average molecular weight is 316 g/mol. The lowest BCUT2D eigenvalue weighted by Gasteiger charge is -2.26. The molecule has 0 saturated carbocycles. The zero-order chi connectivity index (χ0) is 15.2. The van der Waals surface area contributed by atoms with Crippen LogP contribution in [0, 0.1) is 0 Å². The highest BCUT2D eigenvalue weighted by Crippen LogP contribution is 2.09. The number of benzene rings is 1. The second-order valence-electron chi connectivity index (χ2n) is 5.29. The van der Waals surface area contributed by atoms with E-state index in [2.05, 4.69) is 22.5 Å². The van der Waals surface area contributed by atoms with E-state index in [1.807, 2.05) is 51.9 Å². The fourth-order valence-electron chi connectivity index (χ4n) is 2.41. The summed E-state index contributed by atoms with van der Waals surface area (Å²) < 4.78 is 1.90. The largest absolute Gasteiger partial charge is 0.334 e. The van der Waals surface area contributed by atoms with Crippen LogP contribution in [0.25, 0.3) is 0 Å². The lowest BCUT2D eigenvalue weighted by atomic mass is 10.2. The molecule has 1 saturated heterocycles. The number of hydrogen-bond donors (Lipinski definition) is 1. The van der Waals surface area contributed by atoms with Crippen LogP contribution in [-0.4, -0.2) is 45.3 Å². The van der Waals surface area contributed by atoms with E-state index in [-0.39, 0.29) is 6.03 Å². The molecular weight excluding hydrogens is 296 g/mol. The number of carbonyl (C=O) groups excluding carboxylic acids is 1. The van der Waals surface area contributed by atoms with E-state index in [4.69, 9.17) is 0 Å². The highest BCUT2D eigenvalue weighted by molar-refractivity contribution is 7.99. The SMILES string of the molecule is O=C(NCc1cnn(Cc2ccccc2)c1)N1CCSCC1. The first-order valence-electron chi connectivity index (χ1n) is 7.47. The predicted octanol–water partition coefficient (Wildman–Crippen LogP) is 2.19. The van der Waals surface area contributed by atoms with Gasteiger partial charge in [-0.2, -0.15) is 16.9 Å². The van der Waals surface area contributed by atoms with Gasteiger partial charge in [-0.05, 0) is 5.56 Å². The molecule has 2 heterocycles. The number of thioether (sulfide) groups is 1. The van der Waals surface area contributed by atoms with Gasteiger partial charge in [-0.15, -0.1) is 0 Å². The monoisotopic (exact) mass is 316 g/mol. The number of aromatic nitrogens is 2. The third-order valence-corrected chi connectivity index (χ3v) is 4.56. The Balaban J connectivity index is 1.50. The lowest BCUT2D eigenvalue weighted by molar-refractivity contribution is 0.202. The van der Waals surface area contributed by atoms with E-state index in [1.165, 1.54) is 5.56 Å². The molecule has 1 aromatic carbocycles. The molecule has 0 radical (unpaired) electrons. The van der Waals surface area contributed by atoms with Crippen molar-refractivity contribution in [3.8, 4) is 0 Å². The van der Waals surface area contributed by atoms with Crippen molar-refractivity contribution >= 4 is 17.8 Å². The van der Waals surface area contributed by atoms with Gasteiger partial charge < -0.3 is 10.2 Å². The molecule has 2 aromatic rings. The standard InChI is InChI=1S/C16H20N4OS/c21-16(19-6-8-22-9-7-19)17-10-15-11-18-20(13-15)12-14-4-2-1-3-5-14/h1-5,11,13H,6-10,12H2,(H,17,21). The van der Waals surface area contributed by atoms with E-state index < -0.39 is 0 Å². The third kappa shape index (κ3) is 4.04. The fourth-order valence-corrected chi connectivity index (χ4v) is 3.31. The van der Waals surface area contributed by atoms with Crippen LogP contribution in [0.2, 0.25) is 0 Å². The molecule has 1 aliphatic rings. The quantitative estimate of drug-likeness (QED) is 0.941. The Hall–Kier alpha value is -1.95. The number of amides is 2. The molecule has 2 amide bonds. The topological polar surface area (TPSA) is 50.2 Å². The van der Waals surface area contributed by atoms with Gasteiger partial charge in [0.15, 0.2) is 0 Å². The summed E-state index contributed by atoms with van der Waals surface area (Å²) in [6.07, 6.45) is 3.80. The number of hydrogen-bond acceptors (Lipinski definition) is 3. The van der Waals surface area contributed by atoms with Crippen molar-refractivity contribution in [2.75, 3.05) is 24.6 Å². The zero-order valence-corrected chi connectivity index (χ0v) is 13.3. The Bertz CT molecular complexity index is 608. The van der Waals surface area contributed by atoms with Crippen molar-refractivity contribution in [1.82, 2.24) is 20.0 Å². The first-order valence-corrected chi connectivity index (χ1v) is 8.62. The first kappa shape index (κ1) is 15.0. The van der Waals surface area contributed by atoms with Crippen LogP contribution in [-0.2, 0) is 13.1 Å². The average Bonchev–Trinajstić information content (AvgIpc) is 3.02. The molecule has 0 bridgehead atoms. The van der Waals surface area contributed by atoms with Crippen LogP contribution < -0.4 is 5.32 Å². The van der Waals surface area contributed by atoms with Crippen molar-refractivity contribution in [3.05, 3.63) is 53.9 Å². The van der Waals surface area contributed by atoms with Crippen molar-refractivity contribution in [2.24, 2.45) is 0 Å². The van der Waals surface area contributed by atoms with Crippen LogP contribution in [0.15, 0.2) is 42.7 Å². The Labute approximate surface area is 134 Å². The molecule has 0 atom stereocenters. The van der Waals surface area contributed by atoms with E-state index in [0.717, 1.165) is 36.7 Å². The van der Waals surface area contributed by atoms with Gasteiger partial charge in [0.05, 0.1) is 12.7 Å². The Morgan fingerprint density at radius 1 is 1.18 bits per heavy atom. The summed E-state index contributed by atoms with van der Waals surface area (Å²) in [5.41, 5.74) is 2.24. The van der Waals surface area contributed by atoms with E-state index in [9.17, 15) is 4.79 Å². The van der Waals surface area contributed by atoms with Crippen molar-refractivity contribution in [2.45, 2.75) is 13.1 Å². The van der Waals surface area contributed by atoms with Gasteiger partial charge in [0.25, 0.3) is 0 Å². The summed E-state index contributed by atoms with van der Waals surface area (Å²) in [6.45, 7) is 2.95. The Morgan fingerprint density at radius 2 is 1.95 bits per heavy atom. The van der Waals surface area contributed by atoms with Gasteiger partial charge in [-0.25, -0.2) is 4.79 Å². The minimum atomic E-state index is 0.0242. The van der Waals surface area contributed by atoms with Crippen LogP contribution in [0.3, 0.4) is 0 Å². The molecule has 3 rings (SSSR count). The lowest BCUT2D eigenvalue weighted by Crippen LogP contribution is -2.44. The highest BCUT2D eigenvalue weighted by atomic mass is 32.2. The smallest absolute Gasteiger partial charge is 0.317 e. The van der Waals surface area contributed by atoms with Crippen molar-refractivity contribution in [3.63, 3.8) is 0 Å². The van der Waals surface area contributed by atoms with Gasteiger partial charge in [-0.3, -0.25) is 4.68 Å². The summed E-state index contributed by atoms with van der Waals surface area (Å²) in [7, 11) is 0. The number of urea groups is 1. The van der Waals surface area contributed by atoms with E-state index in [1.54, 1.807) is 0 Å². The third-order valence-electron chi connectivity index (χ3n) is 3.62. The molecule has 1 N–H and O–H groups in total. The first-order chi connectivity index (χ1) is 10.8. The van der Waals surface area contributed by atoms with Gasteiger partial charge in [0, 0.05) is 42.9 Å². The van der Waals surface area contributed by atoms with Crippen molar-refractivity contribution in [1.29, 1.82) is 0 Å². The van der Waals surface area contributed by atoms with Crippen LogP contribution in [0.1, 0.15) is 11.1 Å². The number of nitrogens with zero attached hydrogens (tertiary/aromatic N) is 3. The highest BCUT2D eigenvalue weighted by Gasteiger charge is 2.16. The molecule has 1 aromatic heterocycles. The van der Waals surface area contributed by atoms with Crippen LogP contribution >= 0.6 is 11.8 Å². The van der Waals surface area contributed by atoms with Gasteiger partial charge in [0.2, 0.25) is 0 Å². The molecule has 0 spiro atoms. The van der Waals surface area contributed by atoms with Crippen LogP contribution in [0.5, 0.6) is 0 Å². The van der Waals surface area contributed by atoms with Gasteiger partial charge in [-0.1, -0.05) is 30.3 Å². The van der Waals surface area contributed by atoms with Gasteiger partial charge in [0.1, 0.15) is 0 Å². The molecule has 0 aliphatic carbocycles. The number of nitrogens with one attached hydrogen (secondary N) is 1. The maximum absolute atomic E-state index is 12.0. The van der Waals surface area contributed by atoms with Gasteiger partial charge >= 0.3 is 6.03 Å². The van der Waals surface area contributed by atoms with Crippen molar-refractivity contribution < 1.29 is 4.79 Å². The summed E-state index contributed by atoms with van der Waals surface area (Å²) in [5, 5.41) is 7.32. The van der Waals surface area contributed by atoms with Crippen LogP contribution in [0.4, 0.5) is 4.79 Å². The van der Waals surface area contributed by atoms with E-state index in [0.29, 0.717) is 6.54 Å². The molecule has 6 heteroatoms. The summed E-state index contributed by atoms with van der Waals surface area (Å²) in [5.74, 6) is 2.06. The molecule has 1 fully saturated rings. The molecule has 0 unspecified atom stereocenters. The van der Waals surface area contributed by atoms with E-state index >= 15 is 0 Å². The second-order valence-corrected chi connectivity index (χ2v) is 6.51.